The molecule has 0 fully saturated rings. The van der Waals surface area contributed by atoms with Crippen LogP contribution in [0.25, 0.3) is 0 Å². The number of anilines is 1. The van der Waals surface area contributed by atoms with Crippen molar-refractivity contribution in [3.05, 3.63) is 23.2 Å². The number of hydrogen-bond donors (Lipinski definition) is 0. The van der Waals surface area contributed by atoms with E-state index in [-0.39, 0.29) is 6.17 Å². The van der Waals surface area contributed by atoms with E-state index in [9.17, 15) is 8.42 Å². The third-order valence-electron chi connectivity index (χ3n) is 3.34. The van der Waals surface area contributed by atoms with E-state index in [1.807, 2.05) is 20.8 Å². The van der Waals surface area contributed by atoms with Crippen molar-refractivity contribution in [2.24, 2.45) is 0 Å². The second kappa shape index (κ2) is 4.72. The van der Waals surface area contributed by atoms with E-state index in [4.69, 9.17) is 11.6 Å². The third-order valence-corrected chi connectivity index (χ3v) is 5.64. The lowest BCUT2D eigenvalue weighted by Gasteiger charge is -2.42. The number of nitrogens with zero attached hydrogens (tertiary/aromatic N) is 2. The van der Waals surface area contributed by atoms with Crippen molar-refractivity contribution in [2.45, 2.75) is 31.8 Å². The van der Waals surface area contributed by atoms with Crippen LogP contribution in [0.3, 0.4) is 0 Å². The fourth-order valence-electron chi connectivity index (χ4n) is 2.48. The quantitative estimate of drug-likeness (QED) is 0.840. The molecule has 0 aromatic heterocycles. The average molecular weight is 289 g/mol. The van der Waals surface area contributed by atoms with Gasteiger partial charge >= 0.3 is 0 Å². The Morgan fingerprint density at radius 2 is 1.94 bits per heavy atom. The summed E-state index contributed by atoms with van der Waals surface area (Å²) in [5.74, 6) is 0. The molecule has 1 atom stereocenters. The van der Waals surface area contributed by atoms with Crippen LogP contribution < -0.4 is 4.90 Å². The van der Waals surface area contributed by atoms with Gasteiger partial charge in [0.1, 0.15) is 4.90 Å². The predicted octanol–water partition coefficient (Wildman–Crippen LogP) is 2.54. The van der Waals surface area contributed by atoms with Crippen molar-refractivity contribution >= 4 is 27.3 Å². The molecule has 4 nitrogen and oxygen atoms in total. The van der Waals surface area contributed by atoms with Gasteiger partial charge in [-0.1, -0.05) is 18.5 Å². The summed E-state index contributed by atoms with van der Waals surface area (Å²) < 4.78 is 26.5. The lowest BCUT2D eigenvalue weighted by Crippen LogP contribution is -2.53. The van der Waals surface area contributed by atoms with Crippen molar-refractivity contribution in [1.29, 1.82) is 0 Å². The van der Waals surface area contributed by atoms with Crippen molar-refractivity contribution in [2.75, 3.05) is 18.0 Å². The van der Waals surface area contributed by atoms with E-state index in [1.165, 1.54) is 10.4 Å². The first-order chi connectivity index (χ1) is 8.43. The Morgan fingerprint density at radius 1 is 1.28 bits per heavy atom. The summed E-state index contributed by atoms with van der Waals surface area (Å²) in [6.07, 6.45) is -0.168. The number of hydrogen-bond acceptors (Lipinski definition) is 3. The molecule has 0 saturated heterocycles. The summed E-state index contributed by atoms with van der Waals surface area (Å²) in [6.45, 7) is 6.97. The van der Waals surface area contributed by atoms with Gasteiger partial charge in [-0.15, -0.1) is 0 Å². The highest BCUT2D eigenvalue weighted by molar-refractivity contribution is 7.89. The number of benzene rings is 1. The molecule has 0 amide bonds. The Labute approximate surface area is 113 Å². The zero-order valence-corrected chi connectivity index (χ0v) is 12.3. The van der Waals surface area contributed by atoms with Crippen molar-refractivity contribution in [1.82, 2.24) is 4.31 Å². The number of rotatable bonds is 2. The van der Waals surface area contributed by atoms with Crippen LogP contribution in [0.15, 0.2) is 23.1 Å². The Kier molecular flexibility index (Phi) is 3.58. The third kappa shape index (κ3) is 1.90. The monoisotopic (exact) mass is 288 g/mol. The number of halogens is 1. The van der Waals surface area contributed by atoms with Crippen LogP contribution in [0.2, 0.25) is 5.02 Å². The molecule has 2 rings (SSSR count). The molecule has 1 aromatic carbocycles. The van der Waals surface area contributed by atoms with E-state index >= 15 is 0 Å². The van der Waals surface area contributed by atoms with Gasteiger partial charge in [0.05, 0.1) is 11.9 Å². The number of sulfonamides is 1. The SMILES string of the molecule is CCN1c2ccc(Cl)cc2S(=O)(=O)N(CC)C1C. The average Bonchev–Trinajstić information content (AvgIpc) is 2.31. The van der Waals surface area contributed by atoms with Crippen LogP contribution >= 0.6 is 11.6 Å². The smallest absolute Gasteiger partial charge is 0.246 e. The van der Waals surface area contributed by atoms with Gasteiger partial charge in [-0.2, -0.15) is 4.31 Å². The summed E-state index contributed by atoms with van der Waals surface area (Å²) >= 11 is 5.92. The molecule has 0 aliphatic carbocycles. The Hall–Kier alpha value is -0.780. The van der Waals surface area contributed by atoms with E-state index in [0.717, 1.165) is 12.2 Å². The van der Waals surface area contributed by atoms with E-state index in [1.54, 1.807) is 12.1 Å². The molecule has 0 saturated carbocycles. The maximum absolute atomic E-state index is 12.5. The first kappa shape index (κ1) is 13.6. The molecule has 1 aliphatic heterocycles. The lowest BCUT2D eigenvalue weighted by molar-refractivity contribution is 0.329. The lowest BCUT2D eigenvalue weighted by atomic mass is 10.2. The van der Waals surface area contributed by atoms with Crippen LogP contribution in [0.5, 0.6) is 0 Å². The van der Waals surface area contributed by atoms with E-state index in [0.29, 0.717) is 16.5 Å². The molecule has 6 heteroatoms. The molecule has 0 bridgehead atoms. The fraction of sp³-hybridized carbons (Fsp3) is 0.500. The predicted molar refractivity (Wildman–Crippen MR) is 73.5 cm³/mol. The van der Waals surface area contributed by atoms with Gasteiger partial charge in [-0.25, -0.2) is 8.42 Å². The van der Waals surface area contributed by atoms with E-state index < -0.39 is 10.0 Å². The van der Waals surface area contributed by atoms with Crippen LogP contribution in [-0.4, -0.2) is 32.0 Å². The van der Waals surface area contributed by atoms with Gasteiger partial charge < -0.3 is 4.90 Å². The molecule has 1 aromatic rings. The maximum atomic E-state index is 12.5. The second-order valence-corrected chi connectivity index (χ2v) is 6.53. The highest BCUT2D eigenvalue weighted by Gasteiger charge is 2.38. The highest BCUT2D eigenvalue weighted by Crippen LogP contribution is 2.37. The zero-order chi connectivity index (χ0) is 13.5. The van der Waals surface area contributed by atoms with Crippen LogP contribution in [-0.2, 0) is 10.0 Å². The largest absolute Gasteiger partial charge is 0.354 e. The van der Waals surface area contributed by atoms with Crippen molar-refractivity contribution in [3.8, 4) is 0 Å². The zero-order valence-electron chi connectivity index (χ0n) is 10.7. The summed E-state index contributed by atoms with van der Waals surface area (Å²) in [5.41, 5.74) is 0.735. The summed E-state index contributed by atoms with van der Waals surface area (Å²) in [4.78, 5) is 2.37. The molecule has 18 heavy (non-hydrogen) atoms. The van der Waals surface area contributed by atoms with Gasteiger partial charge in [0.2, 0.25) is 10.0 Å². The highest BCUT2D eigenvalue weighted by atomic mass is 35.5. The van der Waals surface area contributed by atoms with Crippen LogP contribution in [0.1, 0.15) is 20.8 Å². The minimum Gasteiger partial charge on any atom is -0.354 e. The molecule has 100 valence electrons. The molecule has 0 N–H and O–H groups in total. The first-order valence-electron chi connectivity index (χ1n) is 6.01. The molecule has 0 spiro atoms. The second-order valence-electron chi connectivity index (χ2n) is 4.24. The molecule has 0 radical (unpaired) electrons. The molecule has 1 heterocycles. The van der Waals surface area contributed by atoms with Gasteiger partial charge in [0, 0.05) is 18.1 Å². The van der Waals surface area contributed by atoms with Gasteiger partial charge in [0.25, 0.3) is 0 Å². The van der Waals surface area contributed by atoms with Crippen molar-refractivity contribution < 1.29 is 8.42 Å². The van der Waals surface area contributed by atoms with Crippen LogP contribution in [0.4, 0.5) is 5.69 Å². The molecular weight excluding hydrogens is 272 g/mol. The minimum atomic E-state index is -3.44. The van der Waals surface area contributed by atoms with Gasteiger partial charge in [-0.05, 0) is 32.0 Å². The Balaban J connectivity index is 2.71. The topological polar surface area (TPSA) is 40.6 Å². The van der Waals surface area contributed by atoms with Crippen LogP contribution in [0, 0.1) is 0 Å². The fourth-order valence-corrected chi connectivity index (χ4v) is 4.55. The summed E-state index contributed by atoms with van der Waals surface area (Å²) in [7, 11) is -3.44. The van der Waals surface area contributed by atoms with Gasteiger partial charge in [-0.3, -0.25) is 0 Å². The number of fused-ring (bicyclic) bond motifs is 1. The summed E-state index contributed by atoms with van der Waals surface area (Å²) in [6, 6.07) is 5.04. The minimum absolute atomic E-state index is 0.168. The molecule has 1 unspecified atom stereocenters. The Bertz CT molecular complexity index is 559. The molecule has 1 aliphatic rings. The van der Waals surface area contributed by atoms with Crippen molar-refractivity contribution in [3.63, 3.8) is 0 Å². The van der Waals surface area contributed by atoms with E-state index in [2.05, 4.69) is 4.90 Å². The molecular formula is C12H17ClN2O2S. The maximum Gasteiger partial charge on any atom is 0.246 e. The first-order valence-corrected chi connectivity index (χ1v) is 7.83. The Morgan fingerprint density at radius 3 is 2.50 bits per heavy atom. The standard InChI is InChI=1S/C12H17ClN2O2S/c1-4-14-9(3)15(5-2)18(16,17)12-8-10(13)6-7-11(12)14/h6-9H,4-5H2,1-3H3. The summed E-state index contributed by atoms with van der Waals surface area (Å²) in [5, 5.41) is 0.444. The normalized spacial score (nSPS) is 22.9. The van der Waals surface area contributed by atoms with Gasteiger partial charge in [0.15, 0.2) is 0 Å².